The van der Waals surface area contributed by atoms with Crippen molar-refractivity contribution in [2.24, 2.45) is 0 Å². The number of alkyl halides is 3. The van der Waals surface area contributed by atoms with Crippen molar-refractivity contribution < 1.29 is 37.4 Å². The molecule has 2 unspecified atom stereocenters. The van der Waals surface area contributed by atoms with Crippen molar-refractivity contribution in [2.45, 2.75) is 56.8 Å². The number of hydrogen-bond donors (Lipinski definition) is 3. The van der Waals surface area contributed by atoms with Crippen LogP contribution < -0.4 is 10.6 Å². The summed E-state index contributed by atoms with van der Waals surface area (Å²) in [7, 11) is 0. The van der Waals surface area contributed by atoms with Crippen molar-refractivity contribution in [3.63, 3.8) is 0 Å². The fourth-order valence-electron chi connectivity index (χ4n) is 4.18. The van der Waals surface area contributed by atoms with E-state index in [2.05, 4.69) is 5.32 Å². The summed E-state index contributed by atoms with van der Waals surface area (Å²) in [4.78, 5) is 35.1. The first-order chi connectivity index (χ1) is 16.5. The lowest BCUT2D eigenvalue weighted by atomic mass is 9.98. The molecule has 35 heavy (non-hydrogen) atoms. The number of carboxylic acids is 1. The molecule has 0 aliphatic heterocycles. The van der Waals surface area contributed by atoms with Crippen LogP contribution in [0, 0.1) is 0 Å². The van der Waals surface area contributed by atoms with Crippen LogP contribution in [-0.4, -0.2) is 47.9 Å². The Morgan fingerprint density at radius 1 is 1.00 bits per heavy atom. The third-order valence-corrected chi connectivity index (χ3v) is 5.82. The van der Waals surface area contributed by atoms with Crippen LogP contribution in [0.3, 0.4) is 0 Å². The third-order valence-electron chi connectivity index (χ3n) is 5.82. The summed E-state index contributed by atoms with van der Waals surface area (Å²) in [5, 5.41) is 13.4. The first kappa shape index (κ1) is 26.1. The highest BCUT2D eigenvalue weighted by Crippen LogP contribution is 2.44. The van der Waals surface area contributed by atoms with Crippen molar-refractivity contribution in [2.75, 3.05) is 6.61 Å². The SMILES string of the molecule is CC(CCCC(=O)NC(CC(F)(F)F)C(=O)O)NC(=O)OCC1c2ccccc2-c2ccccc21. The van der Waals surface area contributed by atoms with Gasteiger partial charge >= 0.3 is 18.2 Å². The Balaban J connectivity index is 1.42. The summed E-state index contributed by atoms with van der Waals surface area (Å²) >= 11 is 0. The molecule has 0 spiro atoms. The van der Waals surface area contributed by atoms with Crippen molar-refractivity contribution >= 4 is 18.0 Å². The summed E-state index contributed by atoms with van der Waals surface area (Å²) in [6.07, 6.45) is -6.53. The molecule has 0 saturated carbocycles. The van der Waals surface area contributed by atoms with E-state index in [-0.39, 0.29) is 31.4 Å². The number of fused-ring (bicyclic) bond motifs is 3. The maximum atomic E-state index is 12.4. The Morgan fingerprint density at radius 2 is 1.57 bits per heavy atom. The second kappa shape index (κ2) is 11.2. The zero-order valence-corrected chi connectivity index (χ0v) is 19.1. The van der Waals surface area contributed by atoms with E-state index >= 15 is 0 Å². The fourth-order valence-corrected chi connectivity index (χ4v) is 4.18. The first-order valence-electron chi connectivity index (χ1n) is 11.3. The van der Waals surface area contributed by atoms with Gasteiger partial charge in [-0.05, 0) is 42.0 Å². The van der Waals surface area contributed by atoms with E-state index in [1.165, 1.54) is 0 Å². The van der Waals surface area contributed by atoms with Gasteiger partial charge in [-0.15, -0.1) is 0 Å². The average Bonchev–Trinajstić information content (AvgIpc) is 3.10. The van der Waals surface area contributed by atoms with Crippen LogP contribution in [0.5, 0.6) is 0 Å². The predicted octanol–water partition coefficient (Wildman–Crippen LogP) is 4.61. The molecule has 0 saturated heterocycles. The molecule has 0 aromatic heterocycles. The summed E-state index contributed by atoms with van der Waals surface area (Å²) in [5.74, 6) is -2.62. The van der Waals surface area contributed by atoms with E-state index in [1.54, 1.807) is 6.92 Å². The zero-order chi connectivity index (χ0) is 25.6. The lowest BCUT2D eigenvalue weighted by Gasteiger charge is -2.18. The fraction of sp³-hybridized carbons (Fsp3) is 0.400. The van der Waals surface area contributed by atoms with E-state index in [4.69, 9.17) is 9.84 Å². The highest BCUT2D eigenvalue weighted by atomic mass is 19.4. The summed E-state index contributed by atoms with van der Waals surface area (Å²) < 4.78 is 42.8. The minimum atomic E-state index is -4.71. The van der Waals surface area contributed by atoms with Gasteiger partial charge in [-0.1, -0.05) is 48.5 Å². The van der Waals surface area contributed by atoms with Gasteiger partial charge in [0.2, 0.25) is 5.91 Å². The van der Waals surface area contributed by atoms with E-state index in [9.17, 15) is 27.6 Å². The second-order valence-corrected chi connectivity index (χ2v) is 8.54. The molecule has 0 heterocycles. The number of benzene rings is 2. The van der Waals surface area contributed by atoms with Crippen LogP contribution in [0.1, 0.15) is 49.7 Å². The lowest BCUT2D eigenvalue weighted by Crippen LogP contribution is -2.43. The number of halogens is 3. The largest absolute Gasteiger partial charge is 0.480 e. The van der Waals surface area contributed by atoms with Crippen LogP contribution in [0.2, 0.25) is 0 Å². The minimum Gasteiger partial charge on any atom is -0.480 e. The Bertz CT molecular complexity index is 1030. The van der Waals surface area contributed by atoms with E-state index in [1.807, 2.05) is 53.8 Å². The van der Waals surface area contributed by atoms with Crippen molar-refractivity contribution in [3.8, 4) is 11.1 Å². The van der Waals surface area contributed by atoms with Crippen LogP contribution in [0.4, 0.5) is 18.0 Å². The third kappa shape index (κ3) is 7.21. The molecular weight excluding hydrogens is 465 g/mol. The number of aliphatic carboxylic acids is 1. The van der Waals surface area contributed by atoms with Gasteiger partial charge in [0.1, 0.15) is 12.6 Å². The van der Waals surface area contributed by atoms with Gasteiger partial charge < -0.3 is 20.5 Å². The number of amides is 2. The molecule has 0 radical (unpaired) electrons. The monoisotopic (exact) mass is 492 g/mol. The molecule has 1 aliphatic rings. The standard InChI is InChI=1S/C25H27F3N2O5/c1-15(7-6-12-22(31)30-21(23(32)33)13-25(26,27)28)29-24(34)35-14-20-18-10-4-2-8-16(18)17-9-3-5-11-19(17)20/h2-5,8-11,15,20-21H,6-7,12-14H2,1H3,(H,29,34)(H,30,31)(H,32,33). The maximum absolute atomic E-state index is 12.4. The number of ether oxygens (including phenoxy) is 1. The van der Waals surface area contributed by atoms with E-state index < -0.39 is 36.6 Å². The molecule has 2 atom stereocenters. The van der Waals surface area contributed by atoms with Gasteiger partial charge in [-0.3, -0.25) is 4.79 Å². The van der Waals surface area contributed by atoms with E-state index in [0.29, 0.717) is 6.42 Å². The number of carbonyl (C=O) groups is 3. The maximum Gasteiger partial charge on any atom is 0.407 e. The van der Waals surface area contributed by atoms with Gasteiger partial charge in [0.05, 0.1) is 6.42 Å². The molecule has 1 aliphatic carbocycles. The first-order valence-corrected chi connectivity index (χ1v) is 11.3. The molecule has 0 fully saturated rings. The molecule has 2 aromatic carbocycles. The van der Waals surface area contributed by atoms with Gasteiger partial charge in [0, 0.05) is 18.4 Å². The summed E-state index contributed by atoms with van der Waals surface area (Å²) in [6.45, 7) is 1.87. The molecule has 2 aromatic rings. The van der Waals surface area contributed by atoms with Crippen LogP contribution >= 0.6 is 0 Å². The molecular formula is C25H27F3N2O5. The molecule has 2 amide bonds. The molecule has 10 heteroatoms. The molecule has 3 rings (SSSR count). The summed E-state index contributed by atoms with van der Waals surface area (Å²) in [5.41, 5.74) is 4.41. The van der Waals surface area contributed by atoms with Gasteiger partial charge in [-0.25, -0.2) is 9.59 Å². The highest BCUT2D eigenvalue weighted by Gasteiger charge is 2.36. The summed E-state index contributed by atoms with van der Waals surface area (Å²) in [6, 6.07) is 13.5. The normalized spacial score (nSPS) is 14.4. The van der Waals surface area contributed by atoms with Gasteiger partial charge in [0.15, 0.2) is 0 Å². The number of carbonyl (C=O) groups excluding carboxylic acids is 2. The Kier molecular flexibility index (Phi) is 8.37. The van der Waals surface area contributed by atoms with Crippen LogP contribution in [0.25, 0.3) is 11.1 Å². The molecule has 7 nitrogen and oxygen atoms in total. The van der Waals surface area contributed by atoms with Crippen molar-refractivity contribution in [1.29, 1.82) is 0 Å². The second-order valence-electron chi connectivity index (χ2n) is 8.54. The number of hydrogen-bond acceptors (Lipinski definition) is 4. The Morgan fingerprint density at radius 3 is 2.11 bits per heavy atom. The Hall–Kier alpha value is -3.56. The van der Waals surface area contributed by atoms with Crippen molar-refractivity contribution in [1.82, 2.24) is 10.6 Å². The van der Waals surface area contributed by atoms with Gasteiger partial charge in [-0.2, -0.15) is 13.2 Å². The number of nitrogens with one attached hydrogen (secondary N) is 2. The number of alkyl carbamates (subject to hydrolysis) is 1. The highest BCUT2D eigenvalue weighted by molar-refractivity contribution is 5.83. The zero-order valence-electron chi connectivity index (χ0n) is 19.1. The van der Waals surface area contributed by atoms with Gasteiger partial charge in [0.25, 0.3) is 0 Å². The minimum absolute atomic E-state index is 0.0777. The Labute approximate surface area is 200 Å². The van der Waals surface area contributed by atoms with E-state index in [0.717, 1.165) is 22.3 Å². The van der Waals surface area contributed by atoms with Crippen molar-refractivity contribution in [3.05, 3.63) is 59.7 Å². The van der Waals surface area contributed by atoms with Crippen LogP contribution in [0.15, 0.2) is 48.5 Å². The lowest BCUT2D eigenvalue weighted by molar-refractivity contribution is -0.160. The smallest absolute Gasteiger partial charge is 0.407 e. The molecule has 0 bridgehead atoms. The number of rotatable bonds is 10. The quantitative estimate of drug-likeness (QED) is 0.450. The number of carboxylic acid groups (broad SMARTS) is 1. The topological polar surface area (TPSA) is 105 Å². The predicted molar refractivity (Wildman–Crippen MR) is 122 cm³/mol. The average molecular weight is 492 g/mol. The van der Waals surface area contributed by atoms with Crippen LogP contribution in [-0.2, 0) is 14.3 Å². The molecule has 188 valence electrons. The molecule has 3 N–H and O–H groups in total.